The first kappa shape index (κ1) is 12.2. The van der Waals surface area contributed by atoms with Crippen molar-refractivity contribution in [3.05, 3.63) is 35.7 Å². The monoisotopic (exact) mass is 281 g/mol. The Hall–Kier alpha value is -2.56. The zero-order valence-electron chi connectivity index (χ0n) is 11.9. The lowest BCUT2D eigenvalue weighted by atomic mass is 10.1. The van der Waals surface area contributed by atoms with Crippen LogP contribution in [0.3, 0.4) is 0 Å². The molecule has 3 aromatic rings. The molecule has 1 aliphatic rings. The van der Waals surface area contributed by atoms with Gasteiger partial charge in [-0.05, 0) is 19.1 Å². The topological polar surface area (TPSA) is 60.2 Å². The summed E-state index contributed by atoms with van der Waals surface area (Å²) >= 11 is 0. The Kier molecular flexibility index (Phi) is 2.60. The van der Waals surface area contributed by atoms with Gasteiger partial charge in [-0.15, -0.1) is 0 Å². The van der Waals surface area contributed by atoms with Crippen LogP contribution in [-0.4, -0.2) is 23.6 Å². The number of para-hydroxylation sites is 1. The number of fused-ring (bicyclic) bond motifs is 5. The highest BCUT2D eigenvalue weighted by Gasteiger charge is 2.26. The summed E-state index contributed by atoms with van der Waals surface area (Å²) in [6.45, 7) is 2.47. The average Bonchev–Trinajstić information content (AvgIpc) is 2.77. The summed E-state index contributed by atoms with van der Waals surface area (Å²) < 4.78 is 11.9. The van der Waals surface area contributed by atoms with Gasteiger partial charge < -0.3 is 14.5 Å². The number of aryl methyl sites for hydroxylation is 1. The van der Waals surface area contributed by atoms with E-state index in [1.165, 1.54) is 0 Å². The van der Waals surface area contributed by atoms with E-state index >= 15 is 0 Å². The van der Waals surface area contributed by atoms with E-state index in [-0.39, 0.29) is 0 Å². The molecule has 0 bridgehead atoms. The second-order valence-corrected chi connectivity index (χ2v) is 5.05. The molecule has 0 saturated heterocycles. The summed E-state index contributed by atoms with van der Waals surface area (Å²) in [6.07, 6.45) is 0.754. The Balaban J connectivity index is 2.07. The lowest BCUT2D eigenvalue weighted by Crippen LogP contribution is -2.06. The van der Waals surface area contributed by atoms with Gasteiger partial charge in [0.15, 0.2) is 11.5 Å². The highest BCUT2D eigenvalue weighted by molar-refractivity contribution is 5.92. The molecule has 21 heavy (non-hydrogen) atoms. The van der Waals surface area contributed by atoms with Crippen molar-refractivity contribution in [3.63, 3.8) is 0 Å². The number of furan rings is 1. The minimum absolute atomic E-state index is 0.588. The average molecular weight is 281 g/mol. The van der Waals surface area contributed by atoms with Gasteiger partial charge in [-0.25, -0.2) is 9.97 Å². The van der Waals surface area contributed by atoms with Crippen molar-refractivity contribution in [1.29, 1.82) is 0 Å². The van der Waals surface area contributed by atoms with Crippen LogP contribution in [0.15, 0.2) is 28.7 Å². The smallest absolute Gasteiger partial charge is 0.196 e. The number of nitrogens with zero attached hydrogens (tertiary/aromatic N) is 2. The molecule has 4 rings (SSSR count). The Morgan fingerprint density at radius 2 is 2.05 bits per heavy atom. The lowest BCUT2D eigenvalue weighted by Gasteiger charge is -2.10. The summed E-state index contributed by atoms with van der Waals surface area (Å²) in [4.78, 5) is 9.05. The van der Waals surface area contributed by atoms with Crippen LogP contribution in [0.1, 0.15) is 11.4 Å². The molecule has 0 atom stereocenters. The number of aromatic nitrogens is 2. The number of hydrogen-bond donors (Lipinski definition) is 1. The predicted octanol–water partition coefficient (Wildman–Crippen LogP) is 3.17. The highest BCUT2D eigenvalue weighted by atomic mass is 16.5. The Morgan fingerprint density at radius 3 is 2.90 bits per heavy atom. The van der Waals surface area contributed by atoms with Crippen LogP contribution >= 0.6 is 0 Å². The molecule has 3 heterocycles. The largest absolute Gasteiger partial charge is 0.488 e. The number of rotatable bonds is 1. The standard InChI is InChI=1S/C16H15N3O2/c1-9-18-13-11(16(17-2)19-9)7-8-20-14-10-5-3-4-6-12(10)21-15(13)14/h3-6H,7-8H2,1-2H3,(H,17,18,19). The van der Waals surface area contributed by atoms with Crippen LogP contribution in [0, 0.1) is 6.92 Å². The molecule has 106 valence electrons. The van der Waals surface area contributed by atoms with E-state index in [0.29, 0.717) is 18.2 Å². The molecule has 0 unspecified atom stereocenters. The van der Waals surface area contributed by atoms with Gasteiger partial charge in [0.2, 0.25) is 0 Å². The van der Waals surface area contributed by atoms with Crippen LogP contribution in [0.25, 0.3) is 22.4 Å². The molecule has 5 nitrogen and oxygen atoms in total. The van der Waals surface area contributed by atoms with Crippen molar-refractivity contribution in [3.8, 4) is 17.2 Å². The van der Waals surface area contributed by atoms with E-state index < -0.39 is 0 Å². The van der Waals surface area contributed by atoms with Crippen LogP contribution in [0.5, 0.6) is 5.75 Å². The van der Waals surface area contributed by atoms with Crippen molar-refractivity contribution in [2.45, 2.75) is 13.3 Å². The Bertz CT molecular complexity index is 839. The number of benzene rings is 1. The third-order valence-corrected chi connectivity index (χ3v) is 3.72. The second kappa shape index (κ2) is 4.48. The number of nitrogens with one attached hydrogen (secondary N) is 1. The SMILES string of the molecule is CNc1nc(C)nc2c1CCOc1c-2oc2ccccc12. The maximum absolute atomic E-state index is 6.01. The van der Waals surface area contributed by atoms with Crippen molar-refractivity contribution in [1.82, 2.24) is 9.97 Å². The first-order valence-electron chi connectivity index (χ1n) is 6.98. The van der Waals surface area contributed by atoms with Gasteiger partial charge >= 0.3 is 0 Å². The second-order valence-electron chi connectivity index (χ2n) is 5.05. The molecule has 0 fully saturated rings. The van der Waals surface area contributed by atoms with Gasteiger partial charge in [-0.1, -0.05) is 12.1 Å². The fourth-order valence-electron chi connectivity index (χ4n) is 2.80. The van der Waals surface area contributed by atoms with Crippen LogP contribution in [0.2, 0.25) is 0 Å². The van der Waals surface area contributed by atoms with E-state index in [4.69, 9.17) is 9.15 Å². The molecule has 0 radical (unpaired) electrons. The summed E-state index contributed by atoms with van der Waals surface area (Å²) in [5.41, 5.74) is 2.69. The summed E-state index contributed by atoms with van der Waals surface area (Å²) in [5, 5.41) is 4.13. The van der Waals surface area contributed by atoms with Crippen molar-refractivity contribution in [2.75, 3.05) is 19.0 Å². The van der Waals surface area contributed by atoms with E-state index in [2.05, 4.69) is 15.3 Å². The van der Waals surface area contributed by atoms with E-state index in [9.17, 15) is 0 Å². The Morgan fingerprint density at radius 1 is 1.19 bits per heavy atom. The number of anilines is 1. The molecule has 1 aromatic carbocycles. The minimum atomic E-state index is 0.588. The zero-order valence-corrected chi connectivity index (χ0v) is 11.9. The Labute approximate surface area is 122 Å². The molecule has 1 N–H and O–H groups in total. The highest BCUT2D eigenvalue weighted by Crippen LogP contribution is 2.43. The summed E-state index contributed by atoms with van der Waals surface area (Å²) in [5.74, 6) is 3.04. The van der Waals surface area contributed by atoms with E-state index in [1.807, 2.05) is 38.2 Å². The predicted molar refractivity (Wildman–Crippen MR) is 80.7 cm³/mol. The van der Waals surface area contributed by atoms with Crippen molar-refractivity contribution < 1.29 is 9.15 Å². The van der Waals surface area contributed by atoms with Crippen LogP contribution in [-0.2, 0) is 6.42 Å². The fourth-order valence-corrected chi connectivity index (χ4v) is 2.80. The fraction of sp³-hybridized carbons (Fsp3) is 0.250. The van der Waals surface area contributed by atoms with Gasteiger partial charge in [0.1, 0.15) is 22.9 Å². The minimum Gasteiger partial charge on any atom is -0.488 e. The maximum Gasteiger partial charge on any atom is 0.196 e. The maximum atomic E-state index is 6.01. The third kappa shape index (κ3) is 1.77. The molecule has 5 heteroatoms. The van der Waals surface area contributed by atoms with Gasteiger partial charge in [0.25, 0.3) is 0 Å². The molecule has 1 aliphatic heterocycles. The molecule has 0 spiro atoms. The first-order valence-corrected chi connectivity index (χ1v) is 6.98. The third-order valence-electron chi connectivity index (χ3n) is 3.72. The van der Waals surface area contributed by atoms with E-state index in [1.54, 1.807) is 0 Å². The molecule has 2 aromatic heterocycles. The normalized spacial score (nSPS) is 13.2. The van der Waals surface area contributed by atoms with Gasteiger partial charge in [0.05, 0.1) is 12.0 Å². The first-order chi connectivity index (χ1) is 10.3. The summed E-state index contributed by atoms with van der Waals surface area (Å²) in [7, 11) is 1.87. The van der Waals surface area contributed by atoms with Crippen molar-refractivity contribution in [2.24, 2.45) is 0 Å². The molecular weight excluding hydrogens is 266 g/mol. The van der Waals surface area contributed by atoms with Crippen molar-refractivity contribution >= 4 is 16.8 Å². The summed E-state index contributed by atoms with van der Waals surface area (Å²) in [6, 6.07) is 7.89. The van der Waals surface area contributed by atoms with Crippen LogP contribution < -0.4 is 10.1 Å². The zero-order chi connectivity index (χ0) is 14.4. The van der Waals surface area contributed by atoms with Gasteiger partial charge in [0, 0.05) is 19.0 Å². The van der Waals surface area contributed by atoms with Gasteiger partial charge in [-0.2, -0.15) is 0 Å². The lowest BCUT2D eigenvalue weighted by molar-refractivity contribution is 0.327. The quantitative estimate of drug-likeness (QED) is 0.742. The molecule has 0 aliphatic carbocycles. The molecule has 0 amide bonds. The molecule has 0 saturated carbocycles. The van der Waals surface area contributed by atoms with E-state index in [0.717, 1.165) is 40.2 Å². The number of hydrogen-bond acceptors (Lipinski definition) is 5. The molecular formula is C16H15N3O2. The van der Waals surface area contributed by atoms with Gasteiger partial charge in [-0.3, -0.25) is 0 Å². The number of ether oxygens (including phenoxy) is 1. The van der Waals surface area contributed by atoms with Crippen LogP contribution in [0.4, 0.5) is 5.82 Å².